The number of aryl methyl sites for hydroxylation is 1. The van der Waals surface area contributed by atoms with Gasteiger partial charge in [0, 0.05) is 25.3 Å². The largest absolute Gasteiger partial charge is 0.330 e. The number of halogens is 2. The zero-order valence-electron chi connectivity index (χ0n) is 9.65. The summed E-state index contributed by atoms with van der Waals surface area (Å²) in [6.45, 7) is 1.28. The fourth-order valence-corrected chi connectivity index (χ4v) is 2.24. The first-order valence-electron chi connectivity index (χ1n) is 5.96. The number of rotatable bonds is 5. The third-order valence-electron chi connectivity index (χ3n) is 3.15. The average Bonchev–Trinajstić information content (AvgIpc) is 2.85. The Morgan fingerprint density at radius 3 is 2.88 bits per heavy atom. The maximum absolute atomic E-state index is 13.1. The highest BCUT2D eigenvalue weighted by atomic mass is 19.3. The molecular formula is C10H17F2N5. The van der Waals surface area contributed by atoms with E-state index in [9.17, 15) is 8.78 Å². The molecule has 1 aromatic heterocycles. The highest BCUT2D eigenvalue weighted by molar-refractivity contribution is 5.01. The number of hydrogen-bond donors (Lipinski definition) is 1. The Morgan fingerprint density at radius 2 is 2.24 bits per heavy atom. The number of unbranched alkanes of at least 4 members (excludes halogenated alkanes) is 1. The topological polar surface area (TPSA) is 69.6 Å². The van der Waals surface area contributed by atoms with Crippen LogP contribution in [0.3, 0.4) is 0 Å². The molecule has 0 aromatic carbocycles. The van der Waals surface area contributed by atoms with Crippen LogP contribution in [0.15, 0.2) is 0 Å². The van der Waals surface area contributed by atoms with Gasteiger partial charge < -0.3 is 5.73 Å². The fraction of sp³-hybridized carbons (Fsp3) is 0.900. The van der Waals surface area contributed by atoms with Crippen LogP contribution >= 0.6 is 0 Å². The minimum atomic E-state index is -2.56. The van der Waals surface area contributed by atoms with Gasteiger partial charge in [-0.15, -0.1) is 5.10 Å². The van der Waals surface area contributed by atoms with E-state index in [0.29, 0.717) is 25.3 Å². The number of nitrogens with zero attached hydrogens (tertiary/aromatic N) is 4. The lowest BCUT2D eigenvalue weighted by atomic mass is 10.1. The molecule has 96 valence electrons. The summed E-state index contributed by atoms with van der Waals surface area (Å²) in [5.41, 5.74) is 5.40. The van der Waals surface area contributed by atoms with Crippen LogP contribution in [0, 0.1) is 0 Å². The van der Waals surface area contributed by atoms with Crippen LogP contribution in [-0.2, 0) is 6.54 Å². The third kappa shape index (κ3) is 2.96. The quantitative estimate of drug-likeness (QED) is 0.794. The molecule has 1 aliphatic rings. The molecule has 0 radical (unpaired) electrons. The molecule has 17 heavy (non-hydrogen) atoms. The predicted molar refractivity (Wildman–Crippen MR) is 57.6 cm³/mol. The summed E-state index contributed by atoms with van der Waals surface area (Å²) >= 11 is 0. The number of hydrogen-bond acceptors (Lipinski definition) is 4. The Morgan fingerprint density at radius 1 is 1.41 bits per heavy atom. The number of nitrogens with two attached hydrogens (primary N) is 1. The van der Waals surface area contributed by atoms with Gasteiger partial charge in [0.25, 0.3) is 0 Å². The molecule has 1 fully saturated rings. The van der Waals surface area contributed by atoms with Crippen LogP contribution in [0.5, 0.6) is 0 Å². The summed E-state index contributed by atoms with van der Waals surface area (Å²) in [4.78, 5) is 0. The lowest BCUT2D eigenvalue weighted by molar-refractivity contribution is 0.00742. The minimum Gasteiger partial charge on any atom is -0.330 e. The van der Waals surface area contributed by atoms with Crippen LogP contribution in [0.25, 0.3) is 0 Å². The smallest absolute Gasteiger partial charge is 0.248 e. The van der Waals surface area contributed by atoms with Crippen molar-refractivity contribution in [3.63, 3.8) is 0 Å². The van der Waals surface area contributed by atoms with Crippen LogP contribution in [-0.4, -0.2) is 32.7 Å². The van der Waals surface area contributed by atoms with Gasteiger partial charge in [-0.05, 0) is 36.2 Å². The predicted octanol–water partition coefficient (Wildman–Crippen LogP) is 1.31. The van der Waals surface area contributed by atoms with Crippen molar-refractivity contribution in [2.45, 2.75) is 50.5 Å². The van der Waals surface area contributed by atoms with Crippen LogP contribution in [0.4, 0.5) is 8.78 Å². The molecule has 7 heteroatoms. The molecule has 0 aliphatic heterocycles. The van der Waals surface area contributed by atoms with Crippen molar-refractivity contribution in [1.82, 2.24) is 20.2 Å². The van der Waals surface area contributed by atoms with Gasteiger partial charge in [0.2, 0.25) is 5.92 Å². The van der Waals surface area contributed by atoms with E-state index in [-0.39, 0.29) is 18.8 Å². The van der Waals surface area contributed by atoms with E-state index in [1.807, 2.05) is 0 Å². The van der Waals surface area contributed by atoms with Crippen molar-refractivity contribution in [1.29, 1.82) is 0 Å². The summed E-state index contributed by atoms with van der Waals surface area (Å²) in [7, 11) is 0. The van der Waals surface area contributed by atoms with Crippen LogP contribution in [0.1, 0.15) is 43.8 Å². The van der Waals surface area contributed by atoms with E-state index in [1.54, 1.807) is 4.68 Å². The van der Waals surface area contributed by atoms with E-state index in [2.05, 4.69) is 15.5 Å². The van der Waals surface area contributed by atoms with Gasteiger partial charge in [-0.25, -0.2) is 13.5 Å². The molecule has 0 spiro atoms. The van der Waals surface area contributed by atoms with Gasteiger partial charge in [0.1, 0.15) is 0 Å². The second-order valence-corrected chi connectivity index (χ2v) is 4.55. The highest BCUT2D eigenvalue weighted by Gasteiger charge is 2.42. The summed E-state index contributed by atoms with van der Waals surface area (Å²) in [6, 6.07) is 0. The van der Waals surface area contributed by atoms with E-state index in [0.717, 1.165) is 12.8 Å². The Balaban J connectivity index is 1.99. The van der Waals surface area contributed by atoms with Gasteiger partial charge in [-0.1, -0.05) is 0 Å². The zero-order valence-corrected chi connectivity index (χ0v) is 9.65. The molecule has 1 heterocycles. The summed E-state index contributed by atoms with van der Waals surface area (Å²) < 4.78 is 27.9. The number of aromatic nitrogens is 4. The Kier molecular flexibility index (Phi) is 3.66. The molecule has 2 N–H and O–H groups in total. The standard InChI is InChI=1S/C10H17F2N5/c11-10(12)4-3-8(7-10)9-14-15-16-17(9)6-2-1-5-13/h8H,1-7,13H2. The van der Waals surface area contributed by atoms with Crippen molar-refractivity contribution in [2.75, 3.05) is 6.54 Å². The van der Waals surface area contributed by atoms with Crippen molar-refractivity contribution in [3.8, 4) is 0 Å². The van der Waals surface area contributed by atoms with Gasteiger partial charge in [-0.3, -0.25) is 0 Å². The first-order valence-corrected chi connectivity index (χ1v) is 5.96. The van der Waals surface area contributed by atoms with Gasteiger partial charge >= 0.3 is 0 Å². The molecule has 1 unspecified atom stereocenters. The molecule has 0 bridgehead atoms. The van der Waals surface area contributed by atoms with E-state index in [1.165, 1.54) is 0 Å². The van der Waals surface area contributed by atoms with E-state index < -0.39 is 5.92 Å². The van der Waals surface area contributed by atoms with Gasteiger partial charge in [-0.2, -0.15) is 0 Å². The maximum Gasteiger partial charge on any atom is 0.248 e. The van der Waals surface area contributed by atoms with Gasteiger partial charge in [0.15, 0.2) is 5.82 Å². The number of alkyl halides is 2. The molecule has 1 aromatic rings. The fourth-order valence-electron chi connectivity index (χ4n) is 2.24. The van der Waals surface area contributed by atoms with Crippen molar-refractivity contribution < 1.29 is 8.78 Å². The van der Waals surface area contributed by atoms with Crippen LogP contribution < -0.4 is 5.73 Å². The average molecular weight is 245 g/mol. The van der Waals surface area contributed by atoms with Crippen molar-refractivity contribution in [3.05, 3.63) is 5.82 Å². The first kappa shape index (κ1) is 12.3. The zero-order chi connectivity index (χ0) is 12.3. The Labute approximate surface area is 98.4 Å². The normalized spacial score (nSPS) is 23.1. The molecule has 1 atom stereocenters. The van der Waals surface area contributed by atoms with Crippen molar-refractivity contribution in [2.24, 2.45) is 5.73 Å². The molecule has 0 amide bonds. The lowest BCUT2D eigenvalue weighted by Gasteiger charge is -2.10. The van der Waals surface area contributed by atoms with Crippen LogP contribution in [0.2, 0.25) is 0 Å². The highest BCUT2D eigenvalue weighted by Crippen LogP contribution is 2.43. The minimum absolute atomic E-state index is 0.0622. The molecule has 5 nitrogen and oxygen atoms in total. The molecule has 0 saturated heterocycles. The number of tetrazole rings is 1. The monoisotopic (exact) mass is 245 g/mol. The van der Waals surface area contributed by atoms with Gasteiger partial charge in [0.05, 0.1) is 0 Å². The second-order valence-electron chi connectivity index (χ2n) is 4.55. The summed E-state index contributed by atoms with van der Waals surface area (Å²) in [6.07, 6.45) is 2.03. The Bertz CT molecular complexity index is 365. The SMILES string of the molecule is NCCCCn1nnnc1C1CCC(F)(F)C1. The molecule has 1 saturated carbocycles. The van der Waals surface area contributed by atoms with E-state index >= 15 is 0 Å². The summed E-state index contributed by atoms with van der Waals surface area (Å²) in [5, 5.41) is 11.3. The third-order valence-corrected chi connectivity index (χ3v) is 3.15. The second kappa shape index (κ2) is 5.03. The van der Waals surface area contributed by atoms with E-state index in [4.69, 9.17) is 5.73 Å². The lowest BCUT2D eigenvalue weighted by Crippen LogP contribution is -2.13. The summed E-state index contributed by atoms with van der Waals surface area (Å²) in [5.74, 6) is -2.17. The molecule has 1 aliphatic carbocycles. The molecular weight excluding hydrogens is 228 g/mol. The van der Waals surface area contributed by atoms with Crippen molar-refractivity contribution >= 4 is 0 Å². The Hall–Kier alpha value is -1.11. The maximum atomic E-state index is 13.1. The molecule has 2 rings (SSSR count). The first-order chi connectivity index (χ1) is 8.12.